The number of likely N-dealkylation sites (tertiary alicyclic amines) is 1. The molecule has 1 fully saturated rings. The first-order valence-corrected chi connectivity index (χ1v) is 12.5. The summed E-state index contributed by atoms with van der Waals surface area (Å²) in [7, 11) is 0. The summed E-state index contributed by atoms with van der Waals surface area (Å²) in [5, 5.41) is 4.12. The molecule has 1 aliphatic heterocycles. The number of amides is 1. The van der Waals surface area contributed by atoms with E-state index >= 15 is 0 Å². The molecule has 1 N–H and O–H groups in total. The van der Waals surface area contributed by atoms with Crippen molar-refractivity contribution in [2.24, 2.45) is 0 Å². The Morgan fingerprint density at radius 2 is 1.54 bits per heavy atom. The van der Waals surface area contributed by atoms with Crippen molar-refractivity contribution >= 4 is 44.7 Å². The fourth-order valence-electron chi connectivity index (χ4n) is 5.12. The van der Waals surface area contributed by atoms with Crippen LogP contribution in [0.3, 0.4) is 0 Å². The number of anilines is 1. The van der Waals surface area contributed by atoms with E-state index in [1.54, 1.807) is 0 Å². The molecule has 0 atom stereocenters. The molecule has 1 saturated heterocycles. The van der Waals surface area contributed by atoms with E-state index in [4.69, 9.17) is 9.97 Å². The molecule has 1 aliphatic rings. The highest BCUT2D eigenvalue weighted by atomic mass is 16.1. The van der Waals surface area contributed by atoms with Crippen LogP contribution in [0.15, 0.2) is 72.8 Å². The van der Waals surface area contributed by atoms with Gasteiger partial charge in [-0.2, -0.15) is 0 Å². The molecule has 1 amide bonds. The smallest absolute Gasteiger partial charge is 0.226 e. The van der Waals surface area contributed by atoms with E-state index in [0.717, 1.165) is 45.3 Å². The van der Waals surface area contributed by atoms with Crippen LogP contribution in [0.5, 0.6) is 0 Å². The summed E-state index contributed by atoms with van der Waals surface area (Å²) in [6, 6.07) is 24.4. The minimum atomic E-state index is -0.00606. The Morgan fingerprint density at radius 3 is 2.34 bits per heavy atom. The molecule has 0 unspecified atom stereocenters. The molecule has 176 valence electrons. The van der Waals surface area contributed by atoms with Gasteiger partial charge in [-0.05, 0) is 61.8 Å². The summed E-state index contributed by atoms with van der Waals surface area (Å²) < 4.78 is 2.12. The number of nitrogens with one attached hydrogen (secondary N) is 1. The Kier molecular flexibility index (Phi) is 5.88. The topological polar surface area (TPSA) is 63.1 Å². The predicted octanol–water partition coefficient (Wildman–Crippen LogP) is 5.75. The molecule has 6 nitrogen and oxygen atoms in total. The van der Waals surface area contributed by atoms with Crippen LogP contribution in [0.1, 0.15) is 31.2 Å². The number of fused-ring (bicyclic) bond motifs is 4. The molecule has 5 aromatic rings. The van der Waals surface area contributed by atoms with Crippen molar-refractivity contribution in [2.45, 2.75) is 38.8 Å². The van der Waals surface area contributed by atoms with Crippen LogP contribution in [0.2, 0.25) is 0 Å². The first-order valence-electron chi connectivity index (χ1n) is 12.5. The van der Waals surface area contributed by atoms with Gasteiger partial charge in [0.05, 0.1) is 16.6 Å². The molecule has 6 rings (SSSR count). The molecular weight excluding hydrogens is 434 g/mol. The Balaban J connectivity index is 1.18. The normalized spacial score (nSPS) is 14.6. The second kappa shape index (κ2) is 9.47. The lowest BCUT2D eigenvalue weighted by Crippen LogP contribution is -2.29. The minimum Gasteiger partial charge on any atom is -0.326 e. The number of rotatable bonds is 6. The standard InChI is InChI=1S/C29H29N5O/c35-27(30-22-14-12-21(13-15-22)20-33-17-6-1-7-18-33)16-19-34-26-11-5-2-8-23(26)28-29(34)32-25-10-4-3-9-24(25)31-28/h2-5,8-15H,1,6-7,16-20H2,(H,30,35). The van der Waals surface area contributed by atoms with E-state index in [1.165, 1.54) is 37.9 Å². The van der Waals surface area contributed by atoms with Gasteiger partial charge in [0.2, 0.25) is 5.91 Å². The van der Waals surface area contributed by atoms with Crippen LogP contribution in [0, 0.1) is 0 Å². The van der Waals surface area contributed by atoms with Gasteiger partial charge in [-0.15, -0.1) is 0 Å². The minimum absolute atomic E-state index is 0.00606. The third-order valence-electron chi connectivity index (χ3n) is 6.91. The summed E-state index contributed by atoms with van der Waals surface area (Å²) in [5.41, 5.74) is 6.62. The molecule has 0 spiro atoms. The van der Waals surface area contributed by atoms with E-state index in [1.807, 2.05) is 48.5 Å². The average molecular weight is 464 g/mol. The van der Waals surface area contributed by atoms with Gasteiger partial charge < -0.3 is 9.88 Å². The molecule has 3 aromatic carbocycles. The van der Waals surface area contributed by atoms with Gasteiger partial charge in [0.25, 0.3) is 0 Å². The molecule has 2 aromatic heterocycles. The van der Waals surface area contributed by atoms with Crippen molar-refractivity contribution < 1.29 is 4.79 Å². The number of hydrogen-bond acceptors (Lipinski definition) is 4. The lowest BCUT2D eigenvalue weighted by atomic mass is 10.1. The zero-order chi connectivity index (χ0) is 23.6. The van der Waals surface area contributed by atoms with Crippen LogP contribution in [0.4, 0.5) is 5.69 Å². The number of para-hydroxylation sites is 3. The fourth-order valence-corrected chi connectivity index (χ4v) is 5.12. The number of hydrogen-bond donors (Lipinski definition) is 1. The molecule has 0 bridgehead atoms. The second-order valence-electron chi connectivity index (χ2n) is 9.39. The molecule has 35 heavy (non-hydrogen) atoms. The summed E-state index contributed by atoms with van der Waals surface area (Å²) in [6.07, 6.45) is 4.29. The molecule has 0 aliphatic carbocycles. The van der Waals surface area contributed by atoms with Gasteiger partial charge in [0.1, 0.15) is 5.52 Å². The molecule has 0 saturated carbocycles. The SMILES string of the molecule is O=C(CCn1c2ccccc2c2nc3ccccc3nc21)Nc1ccc(CN2CCCCC2)cc1. The predicted molar refractivity (Wildman–Crippen MR) is 141 cm³/mol. The van der Waals surface area contributed by atoms with Crippen molar-refractivity contribution in [3.63, 3.8) is 0 Å². The van der Waals surface area contributed by atoms with E-state index in [9.17, 15) is 4.79 Å². The molecule has 3 heterocycles. The Morgan fingerprint density at radius 1 is 0.829 bits per heavy atom. The number of aryl methyl sites for hydroxylation is 1. The molecule has 6 heteroatoms. The van der Waals surface area contributed by atoms with Gasteiger partial charge in [-0.1, -0.05) is 48.9 Å². The highest BCUT2D eigenvalue weighted by Gasteiger charge is 2.15. The van der Waals surface area contributed by atoms with Crippen molar-refractivity contribution in [3.05, 3.63) is 78.4 Å². The van der Waals surface area contributed by atoms with E-state index in [2.05, 4.69) is 39.0 Å². The van der Waals surface area contributed by atoms with Crippen LogP contribution in [-0.2, 0) is 17.9 Å². The zero-order valence-corrected chi connectivity index (χ0v) is 19.8. The Labute approximate surface area is 204 Å². The lowest BCUT2D eigenvalue weighted by Gasteiger charge is -2.26. The van der Waals surface area contributed by atoms with Gasteiger partial charge in [0.15, 0.2) is 5.65 Å². The van der Waals surface area contributed by atoms with Crippen LogP contribution < -0.4 is 5.32 Å². The fraction of sp³-hybridized carbons (Fsp3) is 0.276. The number of nitrogens with zero attached hydrogens (tertiary/aromatic N) is 4. The van der Waals surface area contributed by atoms with E-state index in [0.29, 0.717) is 13.0 Å². The average Bonchev–Trinajstić information content (AvgIpc) is 3.20. The van der Waals surface area contributed by atoms with E-state index < -0.39 is 0 Å². The summed E-state index contributed by atoms with van der Waals surface area (Å²) in [4.78, 5) is 25.1. The Hall–Kier alpha value is -3.77. The van der Waals surface area contributed by atoms with Crippen molar-refractivity contribution in [3.8, 4) is 0 Å². The summed E-state index contributed by atoms with van der Waals surface area (Å²) in [6.45, 7) is 3.89. The van der Waals surface area contributed by atoms with Gasteiger partial charge in [-0.3, -0.25) is 9.69 Å². The maximum atomic E-state index is 12.8. The third-order valence-corrected chi connectivity index (χ3v) is 6.91. The summed E-state index contributed by atoms with van der Waals surface area (Å²) >= 11 is 0. The van der Waals surface area contributed by atoms with Gasteiger partial charge >= 0.3 is 0 Å². The number of carbonyl (C=O) groups excluding carboxylic acids is 1. The van der Waals surface area contributed by atoms with Crippen LogP contribution in [0.25, 0.3) is 33.1 Å². The number of aromatic nitrogens is 3. The maximum absolute atomic E-state index is 12.8. The van der Waals surface area contributed by atoms with Crippen molar-refractivity contribution in [2.75, 3.05) is 18.4 Å². The van der Waals surface area contributed by atoms with Crippen molar-refractivity contribution in [1.82, 2.24) is 19.4 Å². The number of benzene rings is 3. The molecular formula is C29H29N5O. The quantitative estimate of drug-likeness (QED) is 0.348. The number of piperidine rings is 1. The monoisotopic (exact) mass is 463 g/mol. The first-order chi connectivity index (χ1) is 17.2. The zero-order valence-electron chi connectivity index (χ0n) is 19.8. The molecule has 0 radical (unpaired) electrons. The number of carbonyl (C=O) groups is 1. The van der Waals surface area contributed by atoms with Gasteiger partial charge in [0, 0.05) is 30.6 Å². The highest BCUT2D eigenvalue weighted by Crippen LogP contribution is 2.28. The largest absolute Gasteiger partial charge is 0.326 e. The first kappa shape index (κ1) is 21.7. The van der Waals surface area contributed by atoms with Crippen LogP contribution in [-0.4, -0.2) is 38.4 Å². The lowest BCUT2D eigenvalue weighted by molar-refractivity contribution is -0.116. The second-order valence-corrected chi connectivity index (χ2v) is 9.39. The highest BCUT2D eigenvalue weighted by molar-refractivity contribution is 6.06. The van der Waals surface area contributed by atoms with Gasteiger partial charge in [-0.25, -0.2) is 9.97 Å². The third kappa shape index (κ3) is 4.49. The Bertz CT molecular complexity index is 1500. The van der Waals surface area contributed by atoms with Crippen molar-refractivity contribution in [1.29, 1.82) is 0 Å². The van der Waals surface area contributed by atoms with E-state index in [-0.39, 0.29) is 5.91 Å². The summed E-state index contributed by atoms with van der Waals surface area (Å²) in [5.74, 6) is -0.00606. The maximum Gasteiger partial charge on any atom is 0.226 e. The van der Waals surface area contributed by atoms with Crippen LogP contribution >= 0.6 is 0 Å².